The van der Waals surface area contributed by atoms with E-state index in [1.165, 1.54) is 6.21 Å². The highest BCUT2D eigenvalue weighted by atomic mass is 16.6. The van der Waals surface area contributed by atoms with Crippen LogP contribution in [0.1, 0.15) is 12.5 Å². The number of carbonyl (C=O) groups excluding carboxylic acids is 2. The predicted molar refractivity (Wildman–Crippen MR) is 112 cm³/mol. The number of pyridine rings is 1. The Balaban J connectivity index is 1.45. The van der Waals surface area contributed by atoms with Crippen molar-refractivity contribution in [3.05, 3.63) is 66.4 Å². The Morgan fingerprint density at radius 3 is 2.63 bits per heavy atom. The van der Waals surface area contributed by atoms with Crippen molar-refractivity contribution < 1.29 is 23.8 Å². The summed E-state index contributed by atoms with van der Waals surface area (Å²) >= 11 is 0. The van der Waals surface area contributed by atoms with Gasteiger partial charge in [0.15, 0.2) is 13.2 Å². The number of fused-ring (bicyclic) bond motifs is 1. The lowest BCUT2D eigenvalue weighted by molar-refractivity contribution is -0.145. The van der Waals surface area contributed by atoms with E-state index in [1.807, 2.05) is 24.3 Å². The smallest absolute Gasteiger partial charge is 0.344 e. The Hall–Kier alpha value is -3.94. The minimum absolute atomic E-state index is 0.149. The number of hydrazone groups is 1. The fraction of sp³-hybridized carbons (Fsp3) is 0.182. The van der Waals surface area contributed by atoms with Gasteiger partial charge in [0.05, 0.1) is 12.8 Å². The molecule has 0 aliphatic rings. The number of nitrogens with zero attached hydrogens (tertiary/aromatic N) is 2. The summed E-state index contributed by atoms with van der Waals surface area (Å²) in [5.74, 6) is 0.243. The average molecular weight is 407 g/mol. The number of ether oxygens (including phenoxy) is 3. The molecule has 1 heterocycles. The van der Waals surface area contributed by atoms with E-state index in [0.29, 0.717) is 23.6 Å². The van der Waals surface area contributed by atoms with Gasteiger partial charge in [-0.05, 0) is 48.9 Å². The number of amides is 1. The SMILES string of the molecule is CCOC(=O)COc1ccc(/C=N/NC(=O)COc2cccc3cccnc23)cc1. The number of rotatable bonds is 9. The number of para-hydroxylation sites is 1. The summed E-state index contributed by atoms with van der Waals surface area (Å²) < 4.78 is 15.7. The Morgan fingerprint density at radius 1 is 1.03 bits per heavy atom. The van der Waals surface area contributed by atoms with Crippen LogP contribution in [0.2, 0.25) is 0 Å². The molecule has 0 bridgehead atoms. The van der Waals surface area contributed by atoms with E-state index in [9.17, 15) is 9.59 Å². The molecule has 0 saturated heterocycles. The first kappa shape index (κ1) is 20.8. The lowest BCUT2D eigenvalue weighted by atomic mass is 10.2. The van der Waals surface area contributed by atoms with Gasteiger partial charge in [-0.1, -0.05) is 18.2 Å². The van der Waals surface area contributed by atoms with Crippen LogP contribution in [0.3, 0.4) is 0 Å². The largest absolute Gasteiger partial charge is 0.482 e. The van der Waals surface area contributed by atoms with Crippen molar-refractivity contribution in [2.75, 3.05) is 19.8 Å². The van der Waals surface area contributed by atoms with Gasteiger partial charge in [-0.3, -0.25) is 9.78 Å². The fourth-order valence-electron chi connectivity index (χ4n) is 2.54. The molecule has 8 nitrogen and oxygen atoms in total. The Labute approximate surface area is 173 Å². The average Bonchev–Trinajstić information content (AvgIpc) is 2.77. The molecular weight excluding hydrogens is 386 g/mol. The summed E-state index contributed by atoms with van der Waals surface area (Å²) in [4.78, 5) is 27.5. The zero-order chi connectivity index (χ0) is 21.2. The molecule has 2 aromatic carbocycles. The van der Waals surface area contributed by atoms with Crippen molar-refractivity contribution in [1.82, 2.24) is 10.4 Å². The summed E-state index contributed by atoms with van der Waals surface area (Å²) in [7, 11) is 0. The van der Waals surface area contributed by atoms with Crippen molar-refractivity contribution in [3.8, 4) is 11.5 Å². The highest BCUT2D eigenvalue weighted by molar-refractivity contribution is 5.85. The second kappa shape index (κ2) is 10.6. The van der Waals surface area contributed by atoms with Crippen LogP contribution in [0.25, 0.3) is 10.9 Å². The highest BCUT2D eigenvalue weighted by Crippen LogP contribution is 2.22. The molecule has 8 heteroatoms. The second-order valence-electron chi connectivity index (χ2n) is 6.08. The number of benzene rings is 2. The molecule has 1 amide bonds. The first-order valence-corrected chi connectivity index (χ1v) is 9.32. The zero-order valence-corrected chi connectivity index (χ0v) is 16.4. The molecule has 0 aliphatic carbocycles. The standard InChI is InChI=1S/C22H21N3O5/c1-2-28-21(27)15-29-18-10-8-16(9-11-18)13-24-25-20(26)14-30-19-7-3-5-17-6-4-12-23-22(17)19/h3-13H,2,14-15H2,1H3,(H,25,26)/b24-13+. The van der Waals surface area contributed by atoms with E-state index < -0.39 is 11.9 Å². The van der Waals surface area contributed by atoms with Crippen molar-refractivity contribution >= 4 is 29.0 Å². The molecule has 0 fully saturated rings. The van der Waals surface area contributed by atoms with Gasteiger partial charge in [-0.2, -0.15) is 5.10 Å². The maximum atomic E-state index is 12.0. The molecule has 0 atom stereocenters. The molecule has 1 aromatic heterocycles. The number of esters is 1. The molecular formula is C22H21N3O5. The van der Waals surface area contributed by atoms with Crippen LogP contribution in [-0.2, 0) is 14.3 Å². The van der Waals surface area contributed by atoms with Gasteiger partial charge in [-0.15, -0.1) is 0 Å². The molecule has 0 unspecified atom stereocenters. The number of aromatic nitrogens is 1. The van der Waals surface area contributed by atoms with E-state index in [0.717, 1.165) is 10.9 Å². The summed E-state index contributed by atoms with van der Waals surface area (Å²) in [6, 6.07) is 16.2. The van der Waals surface area contributed by atoms with Crippen LogP contribution in [0.5, 0.6) is 11.5 Å². The van der Waals surface area contributed by atoms with Gasteiger partial charge in [0.2, 0.25) is 0 Å². The molecule has 0 radical (unpaired) electrons. The van der Waals surface area contributed by atoms with Gasteiger partial charge in [0, 0.05) is 11.6 Å². The first-order valence-electron chi connectivity index (χ1n) is 9.32. The Kier molecular flexibility index (Phi) is 7.32. The predicted octanol–water partition coefficient (Wildman–Crippen LogP) is 2.71. The van der Waals surface area contributed by atoms with E-state index in [4.69, 9.17) is 14.2 Å². The Bertz CT molecular complexity index is 1030. The van der Waals surface area contributed by atoms with E-state index in [2.05, 4.69) is 15.5 Å². The van der Waals surface area contributed by atoms with E-state index in [1.54, 1.807) is 43.5 Å². The van der Waals surface area contributed by atoms with Gasteiger partial charge in [0.25, 0.3) is 5.91 Å². The van der Waals surface area contributed by atoms with Crippen LogP contribution < -0.4 is 14.9 Å². The molecule has 3 rings (SSSR count). The summed E-state index contributed by atoms with van der Waals surface area (Å²) in [5, 5.41) is 4.84. The molecule has 0 spiro atoms. The normalized spacial score (nSPS) is 10.7. The van der Waals surface area contributed by atoms with Crippen LogP contribution in [0.15, 0.2) is 65.9 Å². The number of hydrogen-bond donors (Lipinski definition) is 1. The van der Waals surface area contributed by atoms with Crippen molar-refractivity contribution in [2.45, 2.75) is 6.92 Å². The van der Waals surface area contributed by atoms with Crippen LogP contribution >= 0.6 is 0 Å². The lowest BCUT2D eigenvalue weighted by Crippen LogP contribution is -2.24. The molecule has 0 aliphatic heterocycles. The quantitative estimate of drug-likeness (QED) is 0.333. The summed E-state index contributed by atoms with van der Waals surface area (Å²) in [6.07, 6.45) is 3.17. The number of carbonyl (C=O) groups is 2. The summed E-state index contributed by atoms with van der Waals surface area (Å²) in [5.41, 5.74) is 3.85. The minimum Gasteiger partial charge on any atom is -0.482 e. The molecule has 1 N–H and O–H groups in total. The number of nitrogens with one attached hydrogen (secondary N) is 1. The first-order chi connectivity index (χ1) is 14.7. The minimum atomic E-state index is -0.424. The number of hydrogen-bond acceptors (Lipinski definition) is 7. The third kappa shape index (κ3) is 6.03. The van der Waals surface area contributed by atoms with Gasteiger partial charge in [-0.25, -0.2) is 10.2 Å². The van der Waals surface area contributed by atoms with Crippen molar-refractivity contribution in [3.63, 3.8) is 0 Å². The van der Waals surface area contributed by atoms with Gasteiger partial charge < -0.3 is 14.2 Å². The second-order valence-corrected chi connectivity index (χ2v) is 6.08. The molecule has 3 aromatic rings. The van der Waals surface area contributed by atoms with Gasteiger partial charge >= 0.3 is 5.97 Å². The van der Waals surface area contributed by atoms with E-state index in [-0.39, 0.29) is 13.2 Å². The van der Waals surface area contributed by atoms with Crippen molar-refractivity contribution in [2.24, 2.45) is 5.10 Å². The van der Waals surface area contributed by atoms with E-state index >= 15 is 0 Å². The maximum Gasteiger partial charge on any atom is 0.344 e. The maximum absolute atomic E-state index is 12.0. The fourth-order valence-corrected chi connectivity index (χ4v) is 2.54. The topological polar surface area (TPSA) is 99.1 Å². The van der Waals surface area contributed by atoms with Crippen LogP contribution in [-0.4, -0.2) is 42.9 Å². The van der Waals surface area contributed by atoms with Gasteiger partial charge in [0.1, 0.15) is 17.0 Å². The van der Waals surface area contributed by atoms with Crippen LogP contribution in [0, 0.1) is 0 Å². The lowest BCUT2D eigenvalue weighted by Gasteiger charge is -2.07. The molecule has 0 saturated carbocycles. The van der Waals surface area contributed by atoms with Crippen LogP contribution in [0.4, 0.5) is 0 Å². The Morgan fingerprint density at radius 2 is 1.83 bits per heavy atom. The zero-order valence-electron chi connectivity index (χ0n) is 16.4. The molecule has 154 valence electrons. The monoisotopic (exact) mass is 407 g/mol. The molecule has 30 heavy (non-hydrogen) atoms. The summed E-state index contributed by atoms with van der Waals surface area (Å²) in [6.45, 7) is 1.71. The highest BCUT2D eigenvalue weighted by Gasteiger charge is 2.06. The third-order valence-corrected chi connectivity index (χ3v) is 3.90. The third-order valence-electron chi connectivity index (χ3n) is 3.90. The van der Waals surface area contributed by atoms with Crippen molar-refractivity contribution in [1.29, 1.82) is 0 Å².